The molecule has 1 aromatic rings. The first-order chi connectivity index (χ1) is 12.4. The minimum absolute atomic E-state index is 0.0688. The highest BCUT2D eigenvalue weighted by Crippen LogP contribution is 2.60. The second kappa shape index (κ2) is 6.03. The van der Waals surface area contributed by atoms with Gasteiger partial charge in [0.2, 0.25) is 0 Å². The van der Waals surface area contributed by atoms with Crippen LogP contribution >= 0.6 is 0 Å². The third-order valence-corrected chi connectivity index (χ3v) is 5.93. The fraction of sp³-hybridized carbons (Fsp3) is 0.381. The molecular formula is C21H21N5. The molecule has 0 bridgehead atoms. The normalized spacial score (nSPS) is 30.4. The lowest BCUT2D eigenvalue weighted by atomic mass is 9.51. The Labute approximate surface area is 154 Å². The summed E-state index contributed by atoms with van der Waals surface area (Å²) in [5.74, 6) is -0.468. The van der Waals surface area contributed by atoms with Crippen LogP contribution < -0.4 is 5.73 Å². The summed E-state index contributed by atoms with van der Waals surface area (Å²) in [5, 5.41) is 29.9. The number of likely N-dealkylation sites (N-methyl/N-ethyl adjacent to an activating group) is 1. The van der Waals surface area contributed by atoms with Crippen molar-refractivity contribution < 1.29 is 0 Å². The monoisotopic (exact) mass is 343 g/mol. The topological polar surface area (TPSA) is 101 Å². The molecule has 0 unspecified atom stereocenters. The first-order valence-electron chi connectivity index (χ1n) is 8.56. The first-order valence-corrected chi connectivity index (χ1v) is 8.56. The van der Waals surface area contributed by atoms with Gasteiger partial charge in [0, 0.05) is 23.9 Å². The van der Waals surface area contributed by atoms with E-state index in [2.05, 4.69) is 30.0 Å². The van der Waals surface area contributed by atoms with Crippen LogP contribution in [0, 0.1) is 44.8 Å². The molecule has 0 saturated carbocycles. The van der Waals surface area contributed by atoms with Crippen molar-refractivity contribution >= 4 is 0 Å². The van der Waals surface area contributed by atoms with Crippen molar-refractivity contribution in [3.8, 4) is 18.2 Å². The number of hydrogen-bond acceptors (Lipinski definition) is 5. The summed E-state index contributed by atoms with van der Waals surface area (Å²) in [4.78, 5) is 2.18. The molecule has 3 atom stereocenters. The lowest BCUT2D eigenvalue weighted by Crippen LogP contribution is -2.54. The van der Waals surface area contributed by atoms with Crippen LogP contribution in [-0.4, -0.2) is 24.5 Å². The van der Waals surface area contributed by atoms with E-state index >= 15 is 0 Å². The second-order valence-electron chi connectivity index (χ2n) is 7.43. The summed E-state index contributed by atoms with van der Waals surface area (Å²) < 4.78 is 0. The summed E-state index contributed by atoms with van der Waals surface area (Å²) in [6.45, 7) is 4.72. The standard InChI is InChI=1S/C21H21N5/c1-14-9-17-16(10-22)19(25)21(11-23,12-24)18(15-7-5-4-6-8-15)20(17,2)13-26(14)3/h4-9,14,18H,13,25H2,1-3H3/t14-,18-,20+/m1/s1. The van der Waals surface area contributed by atoms with Gasteiger partial charge in [-0.05, 0) is 25.1 Å². The van der Waals surface area contributed by atoms with E-state index in [1.165, 1.54) is 0 Å². The molecule has 1 aromatic carbocycles. The van der Waals surface area contributed by atoms with Gasteiger partial charge in [-0.15, -0.1) is 0 Å². The van der Waals surface area contributed by atoms with Crippen LogP contribution in [0.15, 0.2) is 53.3 Å². The molecule has 3 rings (SSSR count). The molecule has 5 nitrogen and oxygen atoms in total. The first kappa shape index (κ1) is 17.7. The third kappa shape index (κ3) is 2.17. The van der Waals surface area contributed by atoms with Crippen LogP contribution in [0.3, 0.4) is 0 Å². The quantitative estimate of drug-likeness (QED) is 0.845. The van der Waals surface area contributed by atoms with Gasteiger partial charge in [0.25, 0.3) is 0 Å². The van der Waals surface area contributed by atoms with Crippen LogP contribution in [0.25, 0.3) is 0 Å². The van der Waals surface area contributed by atoms with Gasteiger partial charge < -0.3 is 5.73 Å². The van der Waals surface area contributed by atoms with Crippen LogP contribution in [0.2, 0.25) is 0 Å². The highest BCUT2D eigenvalue weighted by Gasteiger charge is 2.60. The Morgan fingerprint density at radius 3 is 2.31 bits per heavy atom. The van der Waals surface area contributed by atoms with Crippen molar-refractivity contribution in [2.75, 3.05) is 13.6 Å². The van der Waals surface area contributed by atoms with Crippen molar-refractivity contribution in [2.45, 2.75) is 25.8 Å². The number of nitriles is 3. The van der Waals surface area contributed by atoms with Gasteiger partial charge in [-0.1, -0.05) is 43.3 Å². The van der Waals surface area contributed by atoms with Gasteiger partial charge in [-0.2, -0.15) is 15.8 Å². The lowest BCUT2D eigenvalue weighted by molar-refractivity contribution is 0.124. The van der Waals surface area contributed by atoms with Crippen LogP contribution in [0.5, 0.6) is 0 Å². The maximum Gasteiger partial charge on any atom is 0.191 e. The fourth-order valence-corrected chi connectivity index (χ4v) is 4.56. The average molecular weight is 343 g/mol. The highest BCUT2D eigenvalue weighted by atomic mass is 15.1. The number of rotatable bonds is 1. The highest BCUT2D eigenvalue weighted by molar-refractivity contribution is 5.61. The molecule has 0 saturated heterocycles. The number of benzene rings is 1. The largest absolute Gasteiger partial charge is 0.399 e. The molecule has 0 fully saturated rings. The van der Waals surface area contributed by atoms with E-state index in [0.717, 1.165) is 11.1 Å². The molecule has 0 aromatic heterocycles. The van der Waals surface area contributed by atoms with E-state index in [-0.39, 0.29) is 17.3 Å². The predicted octanol–water partition coefficient (Wildman–Crippen LogP) is 2.82. The lowest BCUT2D eigenvalue weighted by Gasteiger charge is -2.53. The predicted molar refractivity (Wildman–Crippen MR) is 98.0 cm³/mol. The molecular weight excluding hydrogens is 322 g/mol. The van der Waals surface area contributed by atoms with Crippen molar-refractivity contribution in [3.63, 3.8) is 0 Å². The summed E-state index contributed by atoms with van der Waals surface area (Å²) in [5.41, 5.74) is 6.23. The van der Waals surface area contributed by atoms with Gasteiger partial charge >= 0.3 is 0 Å². The van der Waals surface area contributed by atoms with Gasteiger partial charge in [-0.25, -0.2) is 0 Å². The van der Waals surface area contributed by atoms with Gasteiger partial charge in [0.15, 0.2) is 5.41 Å². The number of fused-ring (bicyclic) bond motifs is 1. The van der Waals surface area contributed by atoms with Crippen LogP contribution in [-0.2, 0) is 0 Å². The van der Waals surface area contributed by atoms with Crippen molar-refractivity contribution in [1.29, 1.82) is 15.8 Å². The Bertz CT molecular complexity index is 908. The summed E-state index contributed by atoms with van der Waals surface area (Å²) >= 11 is 0. The number of nitrogens with two attached hydrogens (primary N) is 1. The summed E-state index contributed by atoms with van der Waals surface area (Å²) in [7, 11) is 2.01. The molecule has 1 heterocycles. The van der Waals surface area contributed by atoms with Crippen LogP contribution in [0.1, 0.15) is 25.3 Å². The van der Waals surface area contributed by atoms with Crippen LogP contribution in [0.4, 0.5) is 0 Å². The molecule has 0 amide bonds. The number of allylic oxidation sites excluding steroid dienone is 2. The van der Waals surface area contributed by atoms with Gasteiger partial charge in [-0.3, -0.25) is 4.90 Å². The fourth-order valence-electron chi connectivity index (χ4n) is 4.56. The van der Waals surface area contributed by atoms with E-state index in [9.17, 15) is 15.8 Å². The zero-order valence-electron chi connectivity index (χ0n) is 15.2. The Hall–Kier alpha value is -3.07. The van der Waals surface area contributed by atoms with E-state index in [4.69, 9.17) is 5.73 Å². The Morgan fingerprint density at radius 2 is 1.77 bits per heavy atom. The summed E-state index contributed by atoms with van der Waals surface area (Å²) in [6.07, 6.45) is 2.05. The maximum atomic E-state index is 10.1. The molecule has 2 aliphatic rings. The molecule has 26 heavy (non-hydrogen) atoms. The van der Waals surface area contributed by atoms with Crippen molar-refractivity contribution in [2.24, 2.45) is 16.6 Å². The third-order valence-electron chi connectivity index (χ3n) is 5.93. The van der Waals surface area contributed by atoms with E-state index in [1.807, 2.05) is 50.4 Å². The summed E-state index contributed by atoms with van der Waals surface area (Å²) in [6, 6.07) is 16.2. The zero-order valence-corrected chi connectivity index (χ0v) is 15.2. The molecule has 0 spiro atoms. The minimum Gasteiger partial charge on any atom is -0.399 e. The molecule has 5 heteroatoms. The SMILES string of the molecule is C[C@@H]1C=C2C(C#N)=C(N)C(C#N)(C#N)[C@H](c3ccccc3)[C@@]2(C)CN1C. The molecule has 1 aliphatic heterocycles. The molecule has 130 valence electrons. The maximum absolute atomic E-state index is 10.1. The Kier molecular flexibility index (Phi) is 4.11. The Balaban J connectivity index is 2.44. The second-order valence-corrected chi connectivity index (χ2v) is 7.43. The average Bonchev–Trinajstić information content (AvgIpc) is 2.64. The zero-order chi connectivity index (χ0) is 19.1. The number of nitrogens with zero attached hydrogens (tertiary/aromatic N) is 4. The Morgan fingerprint density at radius 1 is 1.15 bits per heavy atom. The van der Waals surface area contributed by atoms with E-state index < -0.39 is 16.7 Å². The molecule has 2 N–H and O–H groups in total. The van der Waals surface area contributed by atoms with E-state index in [1.54, 1.807) is 0 Å². The smallest absolute Gasteiger partial charge is 0.191 e. The van der Waals surface area contributed by atoms with Gasteiger partial charge in [0.05, 0.1) is 23.4 Å². The molecule has 1 aliphatic carbocycles. The van der Waals surface area contributed by atoms with Gasteiger partial charge in [0.1, 0.15) is 6.07 Å². The molecule has 0 radical (unpaired) electrons. The number of hydrogen-bond donors (Lipinski definition) is 1. The minimum atomic E-state index is -1.58. The van der Waals surface area contributed by atoms with Crippen molar-refractivity contribution in [3.05, 3.63) is 58.8 Å². The van der Waals surface area contributed by atoms with Crippen molar-refractivity contribution in [1.82, 2.24) is 4.90 Å². The van der Waals surface area contributed by atoms with E-state index in [0.29, 0.717) is 6.54 Å².